The number of carbonyl (C=O) groups is 1. The summed E-state index contributed by atoms with van der Waals surface area (Å²) in [6.07, 6.45) is 2.25. The number of halogens is 1. The lowest BCUT2D eigenvalue weighted by Crippen LogP contribution is -2.48. The fraction of sp³-hybridized carbons (Fsp3) is 0.421. The van der Waals surface area contributed by atoms with Crippen molar-refractivity contribution in [1.82, 2.24) is 14.9 Å². The van der Waals surface area contributed by atoms with Gasteiger partial charge in [-0.05, 0) is 42.0 Å². The summed E-state index contributed by atoms with van der Waals surface area (Å²) in [6, 6.07) is 2.95. The molecule has 1 fully saturated rings. The summed E-state index contributed by atoms with van der Waals surface area (Å²) in [6.45, 7) is 4.00. The summed E-state index contributed by atoms with van der Waals surface area (Å²) in [4.78, 5) is 23.1. The van der Waals surface area contributed by atoms with Crippen LogP contribution in [0, 0.1) is 6.92 Å². The highest BCUT2D eigenvalue weighted by Crippen LogP contribution is 2.35. The SMILES string of the molecule is COC(Oc1cc(S)c(NC(=O)Nc2cnc(C)cn2)cc1Br)C1CN(C)CCO1. The number of thiol groups is 1. The van der Waals surface area contributed by atoms with Crippen molar-refractivity contribution in [1.29, 1.82) is 0 Å². The Morgan fingerprint density at radius 2 is 2.17 bits per heavy atom. The Morgan fingerprint density at radius 1 is 1.37 bits per heavy atom. The number of nitrogens with zero attached hydrogens (tertiary/aromatic N) is 3. The molecule has 30 heavy (non-hydrogen) atoms. The van der Waals surface area contributed by atoms with E-state index in [4.69, 9.17) is 14.2 Å². The van der Waals surface area contributed by atoms with Gasteiger partial charge >= 0.3 is 6.03 Å². The van der Waals surface area contributed by atoms with Gasteiger partial charge in [-0.15, -0.1) is 12.6 Å². The maximum Gasteiger partial charge on any atom is 0.324 e. The zero-order valence-electron chi connectivity index (χ0n) is 16.9. The fourth-order valence-corrected chi connectivity index (χ4v) is 3.51. The van der Waals surface area contributed by atoms with Gasteiger partial charge in [0.15, 0.2) is 5.82 Å². The number of rotatable bonds is 6. The molecule has 0 spiro atoms. The Bertz CT molecular complexity index is 886. The van der Waals surface area contributed by atoms with Crippen LogP contribution < -0.4 is 15.4 Å². The molecule has 3 rings (SSSR count). The number of methoxy groups -OCH3 is 1. The molecule has 2 N–H and O–H groups in total. The Labute approximate surface area is 189 Å². The van der Waals surface area contributed by atoms with Gasteiger partial charge in [0.25, 0.3) is 0 Å². The molecule has 0 aliphatic carbocycles. The van der Waals surface area contributed by atoms with Crippen molar-refractivity contribution >= 4 is 46.1 Å². The fourth-order valence-electron chi connectivity index (χ4n) is 2.84. The molecule has 1 saturated heterocycles. The average Bonchev–Trinajstić information content (AvgIpc) is 2.71. The summed E-state index contributed by atoms with van der Waals surface area (Å²) in [5.41, 5.74) is 1.26. The third-order valence-electron chi connectivity index (χ3n) is 4.40. The molecular weight excluding hydrogens is 474 g/mol. The smallest absolute Gasteiger partial charge is 0.324 e. The average molecular weight is 498 g/mol. The van der Waals surface area contributed by atoms with Gasteiger partial charge < -0.3 is 24.4 Å². The highest BCUT2D eigenvalue weighted by molar-refractivity contribution is 9.10. The Kier molecular flexibility index (Phi) is 7.89. The third-order valence-corrected chi connectivity index (χ3v) is 5.39. The van der Waals surface area contributed by atoms with Crippen LogP contribution in [-0.4, -0.2) is 67.1 Å². The van der Waals surface area contributed by atoms with E-state index in [2.05, 4.69) is 54.1 Å². The number of nitrogens with one attached hydrogen (secondary N) is 2. The summed E-state index contributed by atoms with van der Waals surface area (Å²) in [5, 5.41) is 5.36. The summed E-state index contributed by atoms with van der Waals surface area (Å²) in [7, 11) is 3.60. The topological polar surface area (TPSA) is 97.8 Å². The predicted molar refractivity (Wildman–Crippen MR) is 119 cm³/mol. The van der Waals surface area contributed by atoms with Crippen molar-refractivity contribution < 1.29 is 19.0 Å². The third kappa shape index (κ3) is 6.05. The molecular formula is C19H24BrN5O4S. The molecule has 11 heteroatoms. The monoisotopic (exact) mass is 497 g/mol. The first-order chi connectivity index (χ1) is 14.4. The van der Waals surface area contributed by atoms with Crippen molar-refractivity contribution in [3.8, 4) is 5.75 Å². The van der Waals surface area contributed by atoms with Gasteiger partial charge in [0.05, 0.1) is 34.9 Å². The molecule has 2 aromatic rings. The summed E-state index contributed by atoms with van der Waals surface area (Å²) in [5.74, 6) is 0.872. The molecule has 1 aliphatic rings. The first-order valence-corrected chi connectivity index (χ1v) is 10.5. The van der Waals surface area contributed by atoms with Gasteiger partial charge in [-0.25, -0.2) is 9.78 Å². The minimum absolute atomic E-state index is 0.219. The lowest BCUT2D eigenvalue weighted by Gasteiger charge is -2.34. The van der Waals surface area contributed by atoms with E-state index in [-0.39, 0.29) is 6.10 Å². The predicted octanol–water partition coefficient (Wildman–Crippen LogP) is 3.16. The van der Waals surface area contributed by atoms with Crippen molar-refractivity contribution in [2.75, 3.05) is 44.5 Å². The summed E-state index contributed by atoms with van der Waals surface area (Å²) < 4.78 is 17.9. The van der Waals surface area contributed by atoms with Gasteiger partial charge in [-0.2, -0.15) is 0 Å². The van der Waals surface area contributed by atoms with E-state index in [1.165, 1.54) is 6.20 Å². The highest BCUT2D eigenvalue weighted by atomic mass is 79.9. The molecule has 2 unspecified atom stereocenters. The number of aromatic nitrogens is 2. The lowest BCUT2D eigenvalue weighted by atomic mass is 10.2. The van der Waals surface area contributed by atoms with Crippen LogP contribution in [0.3, 0.4) is 0 Å². The Balaban J connectivity index is 1.66. The summed E-state index contributed by atoms with van der Waals surface area (Å²) >= 11 is 7.95. The van der Waals surface area contributed by atoms with Gasteiger partial charge in [0, 0.05) is 25.1 Å². The number of aryl methyl sites for hydroxylation is 1. The molecule has 0 radical (unpaired) electrons. The second-order valence-electron chi connectivity index (χ2n) is 6.82. The number of morpholine rings is 1. The van der Waals surface area contributed by atoms with Crippen molar-refractivity contribution in [3.63, 3.8) is 0 Å². The zero-order valence-corrected chi connectivity index (χ0v) is 19.4. The molecule has 0 saturated carbocycles. The van der Waals surface area contributed by atoms with Gasteiger partial charge in [-0.3, -0.25) is 10.3 Å². The first kappa shape index (κ1) is 22.8. The van der Waals surface area contributed by atoms with E-state index in [1.54, 1.807) is 25.4 Å². The van der Waals surface area contributed by atoms with Crippen LogP contribution in [-0.2, 0) is 9.47 Å². The van der Waals surface area contributed by atoms with E-state index in [1.807, 2.05) is 14.0 Å². The number of benzene rings is 1. The van der Waals surface area contributed by atoms with E-state index < -0.39 is 12.3 Å². The van der Waals surface area contributed by atoms with Crippen LogP contribution >= 0.6 is 28.6 Å². The second-order valence-corrected chi connectivity index (χ2v) is 8.15. The van der Waals surface area contributed by atoms with Crippen molar-refractivity contribution in [3.05, 3.63) is 34.7 Å². The molecule has 2 heterocycles. The lowest BCUT2D eigenvalue weighted by molar-refractivity contribution is -0.170. The number of ether oxygens (including phenoxy) is 3. The standard InChI is InChI=1S/C19H24BrN5O4S/c1-11-8-22-17(9-21-11)24-19(26)23-13-6-12(20)14(7-16(13)30)29-18(27-3)15-10-25(2)4-5-28-15/h6-9,15,18,30H,4-5,10H2,1-3H3,(H2,22,23,24,26). The van der Waals surface area contributed by atoms with Crippen molar-refractivity contribution in [2.45, 2.75) is 24.2 Å². The number of amides is 2. The molecule has 162 valence electrons. The number of likely N-dealkylation sites (N-methyl/N-ethyl adjacent to an activating group) is 1. The highest BCUT2D eigenvalue weighted by Gasteiger charge is 2.29. The number of carbonyl (C=O) groups excluding carboxylic acids is 1. The molecule has 0 bridgehead atoms. The normalized spacial score (nSPS) is 18.0. The number of hydrogen-bond acceptors (Lipinski definition) is 8. The molecule has 2 amide bonds. The van der Waals surface area contributed by atoms with Crippen LogP contribution in [0.4, 0.5) is 16.3 Å². The second kappa shape index (κ2) is 10.4. The number of hydrogen-bond donors (Lipinski definition) is 3. The van der Waals surface area contributed by atoms with Crippen molar-refractivity contribution in [2.24, 2.45) is 0 Å². The molecule has 9 nitrogen and oxygen atoms in total. The molecule has 2 atom stereocenters. The molecule has 1 aromatic heterocycles. The first-order valence-electron chi connectivity index (χ1n) is 9.24. The van der Waals surface area contributed by atoms with Gasteiger partial charge in [-0.1, -0.05) is 0 Å². The zero-order chi connectivity index (χ0) is 21.7. The number of anilines is 2. The molecule has 1 aromatic carbocycles. The van der Waals surface area contributed by atoms with Crippen LogP contribution in [0.15, 0.2) is 33.9 Å². The van der Waals surface area contributed by atoms with Crippen LogP contribution in [0.2, 0.25) is 0 Å². The molecule has 1 aliphatic heterocycles. The van der Waals surface area contributed by atoms with Crippen LogP contribution in [0.25, 0.3) is 0 Å². The maximum absolute atomic E-state index is 12.3. The van der Waals surface area contributed by atoms with E-state index in [0.717, 1.165) is 12.2 Å². The largest absolute Gasteiger partial charge is 0.461 e. The maximum atomic E-state index is 12.3. The van der Waals surface area contributed by atoms with E-state index >= 15 is 0 Å². The van der Waals surface area contributed by atoms with Crippen LogP contribution in [0.1, 0.15) is 5.69 Å². The van der Waals surface area contributed by atoms with Gasteiger partial charge in [0.2, 0.25) is 6.29 Å². The van der Waals surface area contributed by atoms with Gasteiger partial charge in [0.1, 0.15) is 11.9 Å². The van der Waals surface area contributed by atoms with E-state index in [0.29, 0.717) is 39.8 Å². The Morgan fingerprint density at radius 3 is 2.83 bits per heavy atom. The minimum atomic E-state index is -0.584. The Hall–Kier alpha value is -1.92. The quantitative estimate of drug-likeness (QED) is 0.416. The minimum Gasteiger partial charge on any atom is -0.461 e. The van der Waals surface area contributed by atoms with E-state index in [9.17, 15) is 4.79 Å². The van der Waals surface area contributed by atoms with Crippen LogP contribution in [0.5, 0.6) is 5.75 Å². The number of urea groups is 1.